The number of nitrogens with one attached hydrogen (secondary N) is 1. The number of nitrogen functional groups attached to an aromatic ring is 1. The molecule has 1 atom stereocenters. The van der Waals surface area contributed by atoms with E-state index in [4.69, 9.17) is 10.9 Å². The highest BCUT2D eigenvalue weighted by molar-refractivity contribution is 7.89. The van der Waals surface area contributed by atoms with Crippen molar-refractivity contribution in [1.29, 1.82) is 0 Å². The van der Waals surface area contributed by atoms with Gasteiger partial charge in [-0.25, -0.2) is 18.5 Å². The summed E-state index contributed by atoms with van der Waals surface area (Å²) in [7, 11) is -3.78. The Balaban J connectivity index is 2.28. The van der Waals surface area contributed by atoms with Gasteiger partial charge in [-0.05, 0) is 32.0 Å². The summed E-state index contributed by atoms with van der Waals surface area (Å²) in [4.78, 5) is 5.39. The fraction of sp³-hybridized carbons (Fsp3) is 0.250. The van der Waals surface area contributed by atoms with Gasteiger partial charge in [0.05, 0.1) is 10.9 Å². The summed E-state index contributed by atoms with van der Waals surface area (Å²) < 4.78 is 22.8. The van der Waals surface area contributed by atoms with Crippen LogP contribution in [0.1, 0.15) is 22.9 Å². The molecule has 8 heteroatoms. The number of nitrogens with zero attached hydrogens (tertiary/aromatic N) is 1. The second-order valence-electron chi connectivity index (χ2n) is 4.51. The van der Waals surface area contributed by atoms with Crippen LogP contribution in [0.3, 0.4) is 0 Å². The van der Waals surface area contributed by atoms with Gasteiger partial charge in [0, 0.05) is 22.4 Å². The molecule has 0 aliphatic carbocycles. The highest BCUT2D eigenvalue weighted by Crippen LogP contribution is 2.26. The lowest BCUT2D eigenvalue weighted by Gasteiger charge is -2.14. The standard InChI is InChI=1S/C12H16N4O2S2/c1-7-6-15-12(19-7)8(2)16-10-3-9(13)4-11(5-10)20(14,17)18/h3-6,8,16H,13H2,1-2H3,(H2,14,17,18). The maximum atomic E-state index is 11.4. The Morgan fingerprint density at radius 1 is 1.35 bits per heavy atom. The fourth-order valence-corrected chi connectivity index (χ4v) is 3.12. The van der Waals surface area contributed by atoms with E-state index in [0.717, 1.165) is 9.88 Å². The van der Waals surface area contributed by atoms with Gasteiger partial charge in [-0.1, -0.05) is 0 Å². The van der Waals surface area contributed by atoms with E-state index in [9.17, 15) is 8.42 Å². The van der Waals surface area contributed by atoms with Gasteiger partial charge in [0.25, 0.3) is 0 Å². The molecule has 1 aromatic carbocycles. The quantitative estimate of drug-likeness (QED) is 0.746. The van der Waals surface area contributed by atoms with Crippen LogP contribution < -0.4 is 16.2 Å². The highest BCUT2D eigenvalue weighted by Gasteiger charge is 2.13. The molecule has 0 aliphatic rings. The Morgan fingerprint density at radius 3 is 2.60 bits per heavy atom. The molecule has 2 aromatic rings. The first-order chi connectivity index (χ1) is 9.25. The van der Waals surface area contributed by atoms with Gasteiger partial charge < -0.3 is 11.1 Å². The van der Waals surface area contributed by atoms with Crippen LogP contribution in [-0.2, 0) is 10.0 Å². The topological polar surface area (TPSA) is 111 Å². The van der Waals surface area contributed by atoms with Crippen LogP contribution in [0.2, 0.25) is 0 Å². The van der Waals surface area contributed by atoms with Crippen molar-refractivity contribution in [3.05, 3.63) is 34.3 Å². The molecule has 0 spiro atoms. The zero-order chi connectivity index (χ0) is 14.9. The van der Waals surface area contributed by atoms with Crippen LogP contribution >= 0.6 is 11.3 Å². The van der Waals surface area contributed by atoms with Crippen LogP contribution in [0.5, 0.6) is 0 Å². The zero-order valence-electron chi connectivity index (χ0n) is 11.1. The van der Waals surface area contributed by atoms with Crippen LogP contribution in [0.4, 0.5) is 11.4 Å². The Morgan fingerprint density at radius 2 is 2.05 bits per heavy atom. The van der Waals surface area contributed by atoms with Crippen molar-refractivity contribution in [3.63, 3.8) is 0 Å². The minimum Gasteiger partial charge on any atom is -0.399 e. The van der Waals surface area contributed by atoms with Gasteiger partial charge in [0.1, 0.15) is 5.01 Å². The second-order valence-corrected chi connectivity index (χ2v) is 7.34. The summed E-state index contributed by atoms with van der Waals surface area (Å²) in [5.74, 6) is 0. The molecular formula is C12H16N4O2S2. The molecule has 0 radical (unpaired) electrons. The second kappa shape index (κ2) is 5.39. The SMILES string of the molecule is Cc1cnc(C(C)Nc2cc(N)cc(S(N)(=O)=O)c2)s1. The summed E-state index contributed by atoms with van der Waals surface area (Å²) in [5.41, 5.74) is 6.63. The average Bonchev–Trinajstić information content (AvgIpc) is 2.74. The van der Waals surface area contributed by atoms with E-state index in [1.54, 1.807) is 23.6 Å². The molecular weight excluding hydrogens is 296 g/mol. The average molecular weight is 312 g/mol. The lowest BCUT2D eigenvalue weighted by atomic mass is 10.2. The van der Waals surface area contributed by atoms with Gasteiger partial charge >= 0.3 is 0 Å². The largest absolute Gasteiger partial charge is 0.399 e. The molecule has 0 bridgehead atoms. The van der Waals surface area contributed by atoms with Crippen molar-refractivity contribution in [2.24, 2.45) is 5.14 Å². The van der Waals surface area contributed by atoms with Crippen molar-refractivity contribution < 1.29 is 8.42 Å². The molecule has 5 N–H and O–H groups in total. The maximum Gasteiger partial charge on any atom is 0.238 e. The van der Waals surface area contributed by atoms with Crippen molar-refractivity contribution in [1.82, 2.24) is 4.98 Å². The molecule has 108 valence electrons. The Bertz CT molecular complexity index is 725. The zero-order valence-corrected chi connectivity index (χ0v) is 12.8. The minimum absolute atomic E-state index is 0.0116. The first-order valence-corrected chi connectivity index (χ1v) is 8.24. The molecule has 1 heterocycles. The van der Waals surface area contributed by atoms with E-state index in [2.05, 4.69) is 10.3 Å². The number of benzene rings is 1. The monoisotopic (exact) mass is 312 g/mol. The number of hydrogen-bond acceptors (Lipinski definition) is 6. The number of nitrogens with two attached hydrogens (primary N) is 2. The van der Waals surface area contributed by atoms with Gasteiger partial charge in [-0.3, -0.25) is 0 Å². The molecule has 0 amide bonds. The molecule has 2 rings (SSSR count). The van der Waals surface area contributed by atoms with Gasteiger partial charge in [-0.15, -0.1) is 11.3 Å². The van der Waals surface area contributed by atoms with E-state index >= 15 is 0 Å². The molecule has 0 saturated carbocycles. The fourth-order valence-electron chi connectivity index (χ4n) is 1.75. The summed E-state index contributed by atoms with van der Waals surface area (Å²) in [6, 6.07) is 4.40. The van der Waals surface area contributed by atoms with Gasteiger partial charge in [0.15, 0.2) is 0 Å². The normalized spacial score (nSPS) is 13.2. The Labute approximate surface area is 121 Å². The maximum absolute atomic E-state index is 11.4. The predicted octanol–water partition coefficient (Wildman–Crippen LogP) is 1.85. The third-order valence-corrected chi connectivity index (χ3v) is 4.64. The Kier molecular flexibility index (Phi) is 3.98. The Hall–Kier alpha value is -1.64. The number of anilines is 2. The molecule has 0 fully saturated rings. The molecule has 6 nitrogen and oxygen atoms in total. The van der Waals surface area contributed by atoms with Crippen molar-refractivity contribution >= 4 is 32.7 Å². The number of aryl methyl sites for hydroxylation is 1. The van der Waals surface area contributed by atoms with E-state index < -0.39 is 10.0 Å². The van der Waals surface area contributed by atoms with Crippen LogP contribution in [-0.4, -0.2) is 13.4 Å². The van der Waals surface area contributed by atoms with E-state index in [-0.39, 0.29) is 10.9 Å². The van der Waals surface area contributed by atoms with Crippen molar-refractivity contribution in [3.8, 4) is 0 Å². The van der Waals surface area contributed by atoms with Crippen LogP contribution in [0.25, 0.3) is 0 Å². The molecule has 0 saturated heterocycles. The summed E-state index contributed by atoms with van der Waals surface area (Å²) in [6.07, 6.45) is 1.80. The lowest BCUT2D eigenvalue weighted by Crippen LogP contribution is -2.14. The van der Waals surface area contributed by atoms with E-state index in [1.807, 2.05) is 13.8 Å². The third kappa shape index (κ3) is 3.47. The lowest BCUT2D eigenvalue weighted by molar-refractivity contribution is 0.598. The number of primary sulfonamides is 1. The summed E-state index contributed by atoms with van der Waals surface area (Å²) in [6.45, 7) is 3.92. The molecule has 1 unspecified atom stereocenters. The van der Waals surface area contributed by atoms with E-state index in [0.29, 0.717) is 11.4 Å². The third-order valence-electron chi connectivity index (χ3n) is 2.65. The highest BCUT2D eigenvalue weighted by atomic mass is 32.2. The molecule has 0 aliphatic heterocycles. The summed E-state index contributed by atoms with van der Waals surface area (Å²) >= 11 is 1.58. The smallest absolute Gasteiger partial charge is 0.238 e. The van der Waals surface area contributed by atoms with Gasteiger partial charge in [-0.2, -0.15) is 0 Å². The predicted molar refractivity (Wildman–Crippen MR) is 81.1 cm³/mol. The van der Waals surface area contributed by atoms with Crippen LogP contribution in [0, 0.1) is 6.92 Å². The van der Waals surface area contributed by atoms with Crippen molar-refractivity contribution in [2.45, 2.75) is 24.8 Å². The minimum atomic E-state index is -3.78. The number of rotatable bonds is 4. The van der Waals surface area contributed by atoms with E-state index in [1.165, 1.54) is 12.1 Å². The molecule has 20 heavy (non-hydrogen) atoms. The van der Waals surface area contributed by atoms with Gasteiger partial charge in [0.2, 0.25) is 10.0 Å². The number of aromatic nitrogens is 1. The summed E-state index contributed by atoms with van der Waals surface area (Å²) in [5, 5.41) is 9.21. The first kappa shape index (κ1) is 14.8. The number of thiazole rings is 1. The molecule has 1 aromatic heterocycles. The number of hydrogen-bond donors (Lipinski definition) is 3. The van der Waals surface area contributed by atoms with Crippen LogP contribution in [0.15, 0.2) is 29.3 Å². The first-order valence-electron chi connectivity index (χ1n) is 5.88. The van der Waals surface area contributed by atoms with Crippen molar-refractivity contribution in [2.75, 3.05) is 11.1 Å². The number of sulfonamides is 1.